The zero-order chi connectivity index (χ0) is 9.97. The summed E-state index contributed by atoms with van der Waals surface area (Å²) in [4.78, 5) is 2.53. The van der Waals surface area contributed by atoms with Gasteiger partial charge in [-0.1, -0.05) is 0 Å². The highest BCUT2D eigenvalue weighted by atomic mass is 15.4. The van der Waals surface area contributed by atoms with Crippen LogP contribution in [-0.4, -0.2) is 36.3 Å². The van der Waals surface area contributed by atoms with Crippen LogP contribution in [0.25, 0.3) is 0 Å². The lowest BCUT2D eigenvalue weighted by Crippen LogP contribution is -2.40. The number of rotatable bonds is 2. The van der Waals surface area contributed by atoms with E-state index in [0.717, 1.165) is 6.54 Å². The van der Waals surface area contributed by atoms with Crippen molar-refractivity contribution >= 4 is 5.71 Å². The Morgan fingerprint density at radius 2 is 2.00 bits per heavy atom. The van der Waals surface area contributed by atoms with Gasteiger partial charge in [-0.3, -0.25) is 0 Å². The van der Waals surface area contributed by atoms with Gasteiger partial charge in [-0.15, -0.1) is 5.10 Å². The summed E-state index contributed by atoms with van der Waals surface area (Å²) in [5.41, 5.74) is 1.20. The molecule has 0 unspecified atom stereocenters. The second kappa shape index (κ2) is 4.17. The van der Waals surface area contributed by atoms with E-state index in [1.54, 1.807) is 0 Å². The zero-order valence-electron chi connectivity index (χ0n) is 8.98. The third-order valence-corrected chi connectivity index (χ3v) is 3.20. The Kier molecular flexibility index (Phi) is 2.91. The predicted molar refractivity (Wildman–Crippen MR) is 56.6 cm³/mol. The molecule has 14 heavy (non-hydrogen) atoms. The van der Waals surface area contributed by atoms with Crippen molar-refractivity contribution in [3.05, 3.63) is 0 Å². The summed E-state index contributed by atoms with van der Waals surface area (Å²) in [5, 5.41) is 11.7. The third kappa shape index (κ3) is 2.00. The Morgan fingerprint density at radius 1 is 1.29 bits per heavy atom. The largest absolute Gasteiger partial charge is 0.301 e. The van der Waals surface area contributed by atoms with Gasteiger partial charge in [0.05, 0.1) is 5.71 Å². The molecule has 4 nitrogen and oxygen atoms in total. The zero-order valence-corrected chi connectivity index (χ0v) is 8.98. The maximum Gasteiger partial charge on any atom is 0.103 e. The Hall–Kier alpha value is -0.770. The maximum absolute atomic E-state index is 4.09. The van der Waals surface area contributed by atoms with E-state index in [4.69, 9.17) is 0 Å². The molecule has 2 aliphatic heterocycles. The molecule has 1 saturated heterocycles. The normalized spacial score (nSPS) is 24.6. The van der Waals surface area contributed by atoms with Crippen LogP contribution in [0.3, 0.4) is 0 Å². The number of hydrogen-bond donors (Lipinski definition) is 0. The maximum atomic E-state index is 4.09. The quantitative estimate of drug-likeness (QED) is 0.662. The summed E-state index contributed by atoms with van der Waals surface area (Å²) in [7, 11) is 0. The molecular weight excluding hydrogens is 176 g/mol. The van der Waals surface area contributed by atoms with Crippen LogP contribution in [0, 0.1) is 5.92 Å². The molecule has 0 radical (unpaired) electrons. The summed E-state index contributed by atoms with van der Waals surface area (Å²) in [6.45, 7) is 7.66. The predicted octanol–water partition coefficient (Wildman–Crippen LogP) is 1.93. The minimum Gasteiger partial charge on any atom is -0.301 e. The van der Waals surface area contributed by atoms with Crippen molar-refractivity contribution in [2.75, 3.05) is 19.6 Å². The minimum absolute atomic E-state index is 0.639. The van der Waals surface area contributed by atoms with E-state index in [-0.39, 0.29) is 0 Å². The molecule has 0 aromatic carbocycles. The summed E-state index contributed by atoms with van der Waals surface area (Å²) < 4.78 is 0. The first-order valence-corrected chi connectivity index (χ1v) is 5.44. The van der Waals surface area contributed by atoms with Crippen molar-refractivity contribution in [3.63, 3.8) is 0 Å². The summed E-state index contributed by atoms with van der Waals surface area (Å²) in [6.07, 6.45) is 2.45. The van der Waals surface area contributed by atoms with Gasteiger partial charge >= 0.3 is 0 Å². The van der Waals surface area contributed by atoms with Gasteiger partial charge in [0.15, 0.2) is 0 Å². The minimum atomic E-state index is 0.639. The fourth-order valence-corrected chi connectivity index (χ4v) is 2.18. The molecule has 0 atom stereocenters. The van der Waals surface area contributed by atoms with E-state index in [0.29, 0.717) is 12.0 Å². The molecule has 0 aromatic heterocycles. The van der Waals surface area contributed by atoms with Crippen LogP contribution < -0.4 is 0 Å². The average molecular weight is 194 g/mol. The van der Waals surface area contributed by atoms with Gasteiger partial charge in [-0.05, 0) is 45.0 Å². The van der Waals surface area contributed by atoms with Crippen LogP contribution in [0.2, 0.25) is 0 Å². The first-order chi connectivity index (χ1) is 6.77. The Bertz CT molecular complexity index is 249. The summed E-state index contributed by atoms with van der Waals surface area (Å²) in [5.74, 6) is 0.639. The highest BCUT2D eigenvalue weighted by Gasteiger charge is 2.25. The molecule has 0 aliphatic carbocycles. The lowest BCUT2D eigenvalue weighted by Gasteiger charge is -2.34. The first-order valence-electron chi connectivity index (χ1n) is 5.44. The molecule has 0 saturated carbocycles. The van der Waals surface area contributed by atoms with Crippen LogP contribution >= 0.6 is 0 Å². The highest BCUT2D eigenvalue weighted by Crippen LogP contribution is 2.22. The van der Waals surface area contributed by atoms with E-state index < -0.39 is 0 Å². The topological polar surface area (TPSA) is 40.3 Å². The van der Waals surface area contributed by atoms with Gasteiger partial charge in [-0.2, -0.15) is 5.11 Å². The van der Waals surface area contributed by atoms with Crippen LogP contribution in [0.4, 0.5) is 0 Å². The second-order valence-electron chi connectivity index (χ2n) is 4.38. The van der Waals surface area contributed by atoms with E-state index >= 15 is 0 Å². The van der Waals surface area contributed by atoms with Crippen LogP contribution in [-0.2, 0) is 0 Å². The Balaban J connectivity index is 1.84. The number of nitrogens with zero attached hydrogens (tertiary/aromatic N) is 4. The van der Waals surface area contributed by atoms with Gasteiger partial charge in [0, 0.05) is 12.0 Å². The first kappa shape index (κ1) is 9.77. The smallest absolute Gasteiger partial charge is 0.103 e. The lowest BCUT2D eigenvalue weighted by atomic mass is 9.91. The summed E-state index contributed by atoms with van der Waals surface area (Å²) in [6, 6.07) is 0.677. The van der Waals surface area contributed by atoms with Crippen LogP contribution in [0.15, 0.2) is 15.4 Å². The molecular formula is C10H18N4. The van der Waals surface area contributed by atoms with Gasteiger partial charge in [0.2, 0.25) is 0 Å². The van der Waals surface area contributed by atoms with Crippen LogP contribution in [0.1, 0.15) is 26.7 Å². The molecule has 0 bridgehead atoms. The SMILES string of the molecule is CC(C)N1CCC(C2=NN=NC2)CC1. The van der Waals surface area contributed by atoms with Crippen LogP contribution in [0.5, 0.6) is 0 Å². The van der Waals surface area contributed by atoms with E-state index in [1.165, 1.54) is 31.6 Å². The monoisotopic (exact) mass is 194 g/mol. The molecule has 2 heterocycles. The molecule has 0 amide bonds. The fourth-order valence-electron chi connectivity index (χ4n) is 2.18. The number of likely N-dealkylation sites (tertiary alicyclic amines) is 1. The lowest BCUT2D eigenvalue weighted by molar-refractivity contribution is 0.169. The van der Waals surface area contributed by atoms with Gasteiger partial charge in [-0.25, -0.2) is 0 Å². The molecule has 0 spiro atoms. The molecule has 1 fully saturated rings. The van der Waals surface area contributed by atoms with Crippen molar-refractivity contribution in [3.8, 4) is 0 Å². The van der Waals surface area contributed by atoms with Gasteiger partial charge < -0.3 is 4.90 Å². The Labute approximate surface area is 85.1 Å². The van der Waals surface area contributed by atoms with Crippen molar-refractivity contribution < 1.29 is 0 Å². The molecule has 78 valence electrons. The van der Waals surface area contributed by atoms with Crippen molar-refractivity contribution in [2.24, 2.45) is 21.4 Å². The van der Waals surface area contributed by atoms with E-state index in [1.807, 2.05) is 0 Å². The molecule has 2 rings (SSSR count). The average Bonchev–Trinajstić information content (AvgIpc) is 2.71. The number of piperidine rings is 1. The summed E-state index contributed by atoms with van der Waals surface area (Å²) >= 11 is 0. The molecule has 0 aromatic rings. The van der Waals surface area contributed by atoms with E-state index in [9.17, 15) is 0 Å². The van der Waals surface area contributed by atoms with Crippen molar-refractivity contribution in [2.45, 2.75) is 32.7 Å². The van der Waals surface area contributed by atoms with Crippen molar-refractivity contribution in [1.29, 1.82) is 0 Å². The fraction of sp³-hybridized carbons (Fsp3) is 0.900. The second-order valence-corrected chi connectivity index (χ2v) is 4.38. The van der Waals surface area contributed by atoms with Gasteiger partial charge in [0.1, 0.15) is 6.54 Å². The Morgan fingerprint density at radius 3 is 2.50 bits per heavy atom. The molecule has 2 aliphatic rings. The molecule has 0 N–H and O–H groups in total. The standard InChI is InChI=1S/C10H18N4/c1-8(2)14-5-3-9(4-6-14)10-7-11-13-12-10/h8-9H,3-7H2,1-2H3. The molecule has 4 heteroatoms. The van der Waals surface area contributed by atoms with E-state index in [2.05, 4.69) is 34.2 Å². The number of hydrogen-bond acceptors (Lipinski definition) is 4. The highest BCUT2D eigenvalue weighted by molar-refractivity contribution is 5.89. The van der Waals surface area contributed by atoms with Gasteiger partial charge in [0.25, 0.3) is 0 Å². The van der Waals surface area contributed by atoms with Crippen molar-refractivity contribution in [1.82, 2.24) is 4.90 Å². The third-order valence-electron chi connectivity index (χ3n) is 3.20.